The standard InChI is InChI=1S/C17H22F2N2O2/c1-11(12-6-7-12)21(13-8-9-13)10-16(22)20-14-4-2-3-5-15(14)23-17(18)19/h2-5,11-13,17H,6-10H2,1H3,(H,20,22)/t11-/m1/s1. The van der Waals surface area contributed by atoms with Crippen LogP contribution in [0.4, 0.5) is 14.5 Å². The molecule has 3 rings (SSSR count). The van der Waals surface area contributed by atoms with E-state index in [1.807, 2.05) is 0 Å². The van der Waals surface area contributed by atoms with Gasteiger partial charge in [0, 0.05) is 12.1 Å². The Morgan fingerprint density at radius 2 is 2.00 bits per heavy atom. The number of carbonyl (C=O) groups is 1. The molecule has 126 valence electrons. The second-order valence-electron chi connectivity index (χ2n) is 6.40. The molecule has 0 aromatic heterocycles. The number of amides is 1. The van der Waals surface area contributed by atoms with Crippen molar-refractivity contribution in [2.45, 2.75) is 51.3 Å². The first-order valence-electron chi connectivity index (χ1n) is 8.14. The van der Waals surface area contributed by atoms with Gasteiger partial charge in [-0.25, -0.2) is 0 Å². The zero-order chi connectivity index (χ0) is 16.4. The maximum atomic E-state index is 12.4. The van der Waals surface area contributed by atoms with Gasteiger partial charge in [-0.2, -0.15) is 8.78 Å². The van der Waals surface area contributed by atoms with Gasteiger partial charge >= 0.3 is 6.61 Å². The van der Waals surface area contributed by atoms with Crippen molar-refractivity contribution in [3.05, 3.63) is 24.3 Å². The van der Waals surface area contributed by atoms with Crippen molar-refractivity contribution < 1.29 is 18.3 Å². The van der Waals surface area contributed by atoms with Crippen LogP contribution in [0.3, 0.4) is 0 Å². The summed E-state index contributed by atoms with van der Waals surface area (Å²) in [6.45, 7) is -0.437. The van der Waals surface area contributed by atoms with Crippen molar-refractivity contribution in [1.29, 1.82) is 0 Å². The first kappa shape index (κ1) is 16.2. The summed E-state index contributed by atoms with van der Waals surface area (Å²) in [5.74, 6) is 0.497. The lowest BCUT2D eigenvalue weighted by atomic mass is 10.1. The molecule has 2 aliphatic rings. The number of alkyl halides is 2. The number of hydrogen-bond donors (Lipinski definition) is 1. The second-order valence-corrected chi connectivity index (χ2v) is 6.40. The van der Waals surface area contributed by atoms with Gasteiger partial charge in [-0.15, -0.1) is 0 Å². The lowest BCUT2D eigenvalue weighted by Gasteiger charge is -2.28. The van der Waals surface area contributed by atoms with Gasteiger partial charge in [0.25, 0.3) is 0 Å². The van der Waals surface area contributed by atoms with E-state index < -0.39 is 6.61 Å². The van der Waals surface area contributed by atoms with Crippen LogP contribution in [0.25, 0.3) is 0 Å². The van der Waals surface area contributed by atoms with E-state index in [9.17, 15) is 13.6 Å². The molecule has 1 amide bonds. The van der Waals surface area contributed by atoms with Crippen LogP contribution in [-0.2, 0) is 4.79 Å². The summed E-state index contributed by atoms with van der Waals surface area (Å²) in [6.07, 6.45) is 4.74. The van der Waals surface area contributed by atoms with Crippen LogP contribution in [0.15, 0.2) is 24.3 Å². The van der Waals surface area contributed by atoms with Crippen LogP contribution in [0.5, 0.6) is 5.75 Å². The van der Waals surface area contributed by atoms with E-state index in [1.54, 1.807) is 18.2 Å². The van der Waals surface area contributed by atoms with Gasteiger partial charge in [0.2, 0.25) is 5.91 Å². The van der Waals surface area contributed by atoms with E-state index in [-0.39, 0.29) is 17.3 Å². The van der Waals surface area contributed by atoms with Crippen molar-refractivity contribution in [3.63, 3.8) is 0 Å². The van der Waals surface area contributed by atoms with Crippen molar-refractivity contribution in [3.8, 4) is 5.75 Å². The van der Waals surface area contributed by atoms with E-state index >= 15 is 0 Å². The molecule has 0 bridgehead atoms. The largest absolute Gasteiger partial charge is 0.433 e. The first-order chi connectivity index (χ1) is 11.0. The third kappa shape index (κ3) is 4.41. The second kappa shape index (κ2) is 6.83. The molecule has 4 nitrogen and oxygen atoms in total. The third-order valence-corrected chi connectivity index (χ3v) is 4.55. The maximum absolute atomic E-state index is 12.4. The molecule has 1 aromatic carbocycles. The van der Waals surface area contributed by atoms with E-state index in [0.29, 0.717) is 24.5 Å². The average molecular weight is 324 g/mol. The lowest BCUT2D eigenvalue weighted by molar-refractivity contribution is -0.118. The van der Waals surface area contributed by atoms with Crippen LogP contribution in [0.1, 0.15) is 32.6 Å². The fourth-order valence-electron chi connectivity index (χ4n) is 2.99. The van der Waals surface area contributed by atoms with Crippen molar-refractivity contribution in [2.24, 2.45) is 5.92 Å². The smallest absolute Gasteiger partial charge is 0.387 e. The molecular weight excluding hydrogens is 302 g/mol. The fraction of sp³-hybridized carbons (Fsp3) is 0.588. The molecule has 1 atom stereocenters. The Morgan fingerprint density at radius 3 is 2.61 bits per heavy atom. The van der Waals surface area contributed by atoms with Crippen LogP contribution in [-0.4, -0.2) is 36.0 Å². The summed E-state index contributed by atoms with van der Waals surface area (Å²) in [6, 6.07) is 7.16. The highest BCUT2D eigenvalue weighted by atomic mass is 19.3. The highest BCUT2D eigenvalue weighted by Gasteiger charge is 2.39. The summed E-state index contributed by atoms with van der Waals surface area (Å²) in [5.41, 5.74) is 0.285. The minimum Gasteiger partial charge on any atom is -0.433 e. The minimum atomic E-state index is -2.91. The molecule has 0 heterocycles. The molecule has 0 radical (unpaired) electrons. The van der Waals surface area contributed by atoms with Crippen molar-refractivity contribution in [2.75, 3.05) is 11.9 Å². The number of carbonyl (C=O) groups excluding carboxylic acids is 1. The Kier molecular flexibility index (Phi) is 4.80. The molecule has 0 saturated heterocycles. The number of para-hydroxylation sites is 2. The van der Waals surface area contributed by atoms with E-state index in [0.717, 1.165) is 12.8 Å². The quantitative estimate of drug-likeness (QED) is 0.796. The molecule has 1 aromatic rings. The van der Waals surface area contributed by atoms with Crippen LogP contribution >= 0.6 is 0 Å². The number of halogens is 2. The van der Waals surface area contributed by atoms with Gasteiger partial charge in [-0.3, -0.25) is 9.69 Å². The summed E-state index contributed by atoms with van der Waals surface area (Å²) in [5, 5.41) is 2.70. The van der Waals surface area contributed by atoms with Gasteiger partial charge in [0.1, 0.15) is 5.75 Å². The normalized spacial score (nSPS) is 19.0. The predicted octanol–water partition coefficient (Wildman–Crippen LogP) is 3.49. The number of nitrogens with zero attached hydrogens (tertiary/aromatic N) is 1. The Balaban J connectivity index is 1.62. The number of anilines is 1. The molecule has 23 heavy (non-hydrogen) atoms. The van der Waals surface area contributed by atoms with Crippen molar-refractivity contribution in [1.82, 2.24) is 4.90 Å². The molecule has 0 unspecified atom stereocenters. The zero-order valence-electron chi connectivity index (χ0n) is 13.2. The predicted molar refractivity (Wildman–Crippen MR) is 83.6 cm³/mol. The van der Waals surface area contributed by atoms with Crippen LogP contribution in [0.2, 0.25) is 0 Å². The molecule has 0 aliphatic heterocycles. The van der Waals surface area contributed by atoms with Gasteiger partial charge in [-0.05, 0) is 50.7 Å². The number of rotatable bonds is 8. The SMILES string of the molecule is C[C@H](C1CC1)N(CC(=O)Nc1ccccc1OC(F)F)C1CC1. The monoisotopic (exact) mass is 324 g/mol. The number of benzene rings is 1. The van der Waals surface area contributed by atoms with Gasteiger partial charge < -0.3 is 10.1 Å². The number of nitrogens with one attached hydrogen (secondary N) is 1. The molecule has 2 fully saturated rings. The number of ether oxygens (including phenoxy) is 1. The third-order valence-electron chi connectivity index (χ3n) is 4.55. The maximum Gasteiger partial charge on any atom is 0.387 e. The summed E-state index contributed by atoms with van der Waals surface area (Å²) < 4.78 is 29.3. The fourth-order valence-corrected chi connectivity index (χ4v) is 2.99. The summed E-state index contributed by atoms with van der Waals surface area (Å²) in [7, 11) is 0. The molecular formula is C17H22F2N2O2. The Bertz CT molecular complexity index is 559. The Hall–Kier alpha value is -1.69. The summed E-state index contributed by atoms with van der Waals surface area (Å²) >= 11 is 0. The number of hydrogen-bond acceptors (Lipinski definition) is 3. The topological polar surface area (TPSA) is 41.6 Å². The molecule has 2 saturated carbocycles. The van der Waals surface area contributed by atoms with E-state index in [2.05, 4.69) is 21.9 Å². The van der Waals surface area contributed by atoms with Crippen LogP contribution in [0, 0.1) is 5.92 Å². The molecule has 1 N–H and O–H groups in total. The lowest BCUT2D eigenvalue weighted by Crippen LogP contribution is -2.42. The first-order valence-corrected chi connectivity index (χ1v) is 8.14. The molecule has 0 spiro atoms. The zero-order valence-corrected chi connectivity index (χ0v) is 13.2. The van der Waals surface area contributed by atoms with Gasteiger partial charge in [-0.1, -0.05) is 12.1 Å². The van der Waals surface area contributed by atoms with Gasteiger partial charge in [0.15, 0.2) is 0 Å². The minimum absolute atomic E-state index is 0.0101. The van der Waals surface area contributed by atoms with Crippen molar-refractivity contribution >= 4 is 11.6 Å². The van der Waals surface area contributed by atoms with E-state index in [1.165, 1.54) is 18.9 Å². The molecule has 2 aliphatic carbocycles. The average Bonchev–Trinajstić information content (AvgIpc) is 3.38. The Labute approximate surface area is 134 Å². The highest BCUT2D eigenvalue weighted by Crippen LogP contribution is 2.39. The van der Waals surface area contributed by atoms with E-state index in [4.69, 9.17) is 0 Å². The van der Waals surface area contributed by atoms with Crippen LogP contribution < -0.4 is 10.1 Å². The summed E-state index contributed by atoms with van der Waals surface area (Å²) in [4.78, 5) is 14.6. The van der Waals surface area contributed by atoms with Gasteiger partial charge in [0.05, 0.1) is 12.2 Å². The molecule has 6 heteroatoms. The highest BCUT2D eigenvalue weighted by molar-refractivity contribution is 5.93. The Morgan fingerprint density at radius 1 is 1.30 bits per heavy atom.